The summed E-state index contributed by atoms with van der Waals surface area (Å²) < 4.78 is 5.49. The first-order chi connectivity index (χ1) is 13.5. The number of rotatable bonds is 4. The summed E-state index contributed by atoms with van der Waals surface area (Å²) in [6.07, 6.45) is 6.91. The standard InChI is InChI=1S/C21H25N5O2/c1-3-14-12-28-19-5-4-16(24-20(14)19)21(27)25-17-9-23-7-6-18(17)26-10-13(2)8-15(22)11-26/h4-7,9,12-13,15H,3,8,10-11,22H2,1-2H3,(H,25,27). The molecular formula is C21H25N5O2. The van der Waals surface area contributed by atoms with Crippen LogP contribution in [-0.4, -0.2) is 35.0 Å². The molecule has 0 aliphatic carbocycles. The summed E-state index contributed by atoms with van der Waals surface area (Å²) in [6, 6.07) is 5.50. The lowest BCUT2D eigenvalue weighted by Gasteiger charge is -2.37. The van der Waals surface area contributed by atoms with Gasteiger partial charge in [-0.15, -0.1) is 0 Å². The summed E-state index contributed by atoms with van der Waals surface area (Å²) in [7, 11) is 0. The van der Waals surface area contributed by atoms with E-state index in [9.17, 15) is 4.79 Å². The second-order valence-electron chi connectivity index (χ2n) is 7.51. The van der Waals surface area contributed by atoms with Crippen molar-refractivity contribution in [2.24, 2.45) is 11.7 Å². The van der Waals surface area contributed by atoms with Gasteiger partial charge in [0.05, 0.1) is 23.8 Å². The third kappa shape index (κ3) is 3.57. The van der Waals surface area contributed by atoms with Crippen molar-refractivity contribution in [3.8, 4) is 0 Å². The number of pyridine rings is 2. The zero-order chi connectivity index (χ0) is 19.7. The summed E-state index contributed by atoms with van der Waals surface area (Å²) in [5.74, 6) is 0.229. The molecule has 4 rings (SSSR count). The number of carbonyl (C=O) groups excluding carboxylic acids is 1. The Balaban J connectivity index is 1.60. The molecule has 28 heavy (non-hydrogen) atoms. The number of nitrogens with one attached hydrogen (secondary N) is 1. The second kappa shape index (κ2) is 7.59. The molecule has 1 fully saturated rings. The van der Waals surface area contributed by atoms with Crippen molar-refractivity contribution in [2.75, 3.05) is 23.3 Å². The summed E-state index contributed by atoms with van der Waals surface area (Å²) >= 11 is 0. The molecule has 1 saturated heterocycles. The average molecular weight is 379 g/mol. The number of piperidine rings is 1. The number of fused-ring (bicyclic) bond motifs is 1. The van der Waals surface area contributed by atoms with Crippen LogP contribution in [0.15, 0.2) is 41.3 Å². The number of aryl methyl sites for hydroxylation is 1. The van der Waals surface area contributed by atoms with E-state index in [1.54, 1.807) is 30.8 Å². The molecule has 7 nitrogen and oxygen atoms in total. The molecule has 1 amide bonds. The third-order valence-electron chi connectivity index (χ3n) is 5.18. The number of furan rings is 1. The maximum Gasteiger partial charge on any atom is 0.274 e. The minimum Gasteiger partial charge on any atom is -0.462 e. The highest BCUT2D eigenvalue weighted by molar-refractivity contribution is 6.05. The summed E-state index contributed by atoms with van der Waals surface area (Å²) in [6.45, 7) is 5.89. The molecule has 1 aliphatic rings. The molecule has 0 saturated carbocycles. The highest BCUT2D eigenvalue weighted by atomic mass is 16.3. The first-order valence-corrected chi connectivity index (χ1v) is 9.68. The van der Waals surface area contributed by atoms with Crippen LogP contribution >= 0.6 is 0 Å². The van der Waals surface area contributed by atoms with E-state index in [1.165, 1.54) is 0 Å². The lowest BCUT2D eigenvalue weighted by molar-refractivity contribution is 0.102. The van der Waals surface area contributed by atoms with Crippen LogP contribution in [0.3, 0.4) is 0 Å². The average Bonchev–Trinajstić information content (AvgIpc) is 3.10. The Labute approximate surface area is 163 Å². The number of nitrogens with zero attached hydrogens (tertiary/aromatic N) is 3. The van der Waals surface area contributed by atoms with Crippen LogP contribution in [0.4, 0.5) is 11.4 Å². The lowest BCUT2D eigenvalue weighted by atomic mass is 9.96. The number of aromatic nitrogens is 2. The van der Waals surface area contributed by atoms with Gasteiger partial charge in [0.15, 0.2) is 5.58 Å². The van der Waals surface area contributed by atoms with Gasteiger partial charge in [-0.1, -0.05) is 13.8 Å². The Morgan fingerprint density at radius 2 is 2.21 bits per heavy atom. The maximum atomic E-state index is 12.9. The fourth-order valence-corrected chi connectivity index (χ4v) is 3.88. The first-order valence-electron chi connectivity index (χ1n) is 9.68. The smallest absolute Gasteiger partial charge is 0.274 e. The molecule has 3 aromatic rings. The van der Waals surface area contributed by atoms with Crippen molar-refractivity contribution in [3.05, 3.63) is 48.1 Å². The zero-order valence-corrected chi connectivity index (χ0v) is 16.2. The Morgan fingerprint density at radius 3 is 3.00 bits per heavy atom. The van der Waals surface area contributed by atoms with Gasteiger partial charge in [0.1, 0.15) is 11.2 Å². The van der Waals surface area contributed by atoms with Gasteiger partial charge in [0, 0.05) is 30.9 Å². The number of anilines is 2. The predicted molar refractivity (Wildman–Crippen MR) is 110 cm³/mol. The van der Waals surface area contributed by atoms with Gasteiger partial charge in [0.25, 0.3) is 5.91 Å². The van der Waals surface area contributed by atoms with Gasteiger partial charge in [-0.3, -0.25) is 9.78 Å². The van der Waals surface area contributed by atoms with Gasteiger partial charge in [0.2, 0.25) is 0 Å². The van der Waals surface area contributed by atoms with E-state index in [-0.39, 0.29) is 11.9 Å². The van der Waals surface area contributed by atoms with E-state index in [2.05, 4.69) is 27.1 Å². The van der Waals surface area contributed by atoms with Crippen molar-refractivity contribution >= 4 is 28.4 Å². The molecule has 1 aliphatic heterocycles. The van der Waals surface area contributed by atoms with E-state index in [0.29, 0.717) is 22.9 Å². The molecular weight excluding hydrogens is 354 g/mol. The van der Waals surface area contributed by atoms with Crippen molar-refractivity contribution in [2.45, 2.75) is 32.7 Å². The van der Waals surface area contributed by atoms with Crippen molar-refractivity contribution in [3.63, 3.8) is 0 Å². The van der Waals surface area contributed by atoms with E-state index in [0.717, 1.165) is 42.7 Å². The second-order valence-corrected chi connectivity index (χ2v) is 7.51. The fraction of sp³-hybridized carbons (Fsp3) is 0.381. The van der Waals surface area contributed by atoms with E-state index in [1.807, 2.05) is 13.0 Å². The number of carbonyl (C=O) groups is 1. The van der Waals surface area contributed by atoms with Crippen LogP contribution in [0.2, 0.25) is 0 Å². The van der Waals surface area contributed by atoms with Crippen LogP contribution in [-0.2, 0) is 6.42 Å². The first kappa shape index (κ1) is 18.4. The molecule has 2 unspecified atom stereocenters. The Bertz CT molecular complexity index is 989. The molecule has 7 heteroatoms. The molecule has 146 valence electrons. The number of nitrogens with two attached hydrogens (primary N) is 1. The molecule has 0 radical (unpaired) electrons. The maximum absolute atomic E-state index is 12.9. The Hall–Kier alpha value is -2.93. The zero-order valence-electron chi connectivity index (χ0n) is 16.2. The largest absolute Gasteiger partial charge is 0.462 e. The van der Waals surface area contributed by atoms with Crippen molar-refractivity contribution in [1.82, 2.24) is 9.97 Å². The molecule has 3 aromatic heterocycles. The third-order valence-corrected chi connectivity index (χ3v) is 5.18. The van der Waals surface area contributed by atoms with Crippen LogP contribution < -0.4 is 16.0 Å². The highest BCUT2D eigenvalue weighted by Gasteiger charge is 2.24. The molecule has 0 bridgehead atoms. The fourth-order valence-electron chi connectivity index (χ4n) is 3.88. The lowest BCUT2D eigenvalue weighted by Crippen LogP contribution is -2.46. The monoisotopic (exact) mass is 379 g/mol. The van der Waals surface area contributed by atoms with Crippen molar-refractivity contribution < 1.29 is 9.21 Å². The topological polar surface area (TPSA) is 97.3 Å². The molecule has 0 aromatic carbocycles. The summed E-state index contributed by atoms with van der Waals surface area (Å²) in [4.78, 5) is 23.8. The van der Waals surface area contributed by atoms with E-state index >= 15 is 0 Å². The molecule has 2 atom stereocenters. The van der Waals surface area contributed by atoms with Crippen LogP contribution in [0.1, 0.15) is 36.3 Å². The van der Waals surface area contributed by atoms with Gasteiger partial charge in [-0.05, 0) is 37.0 Å². The number of hydrogen-bond acceptors (Lipinski definition) is 6. The quantitative estimate of drug-likeness (QED) is 0.722. The van der Waals surface area contributed by atoms with Gasteiger partial charge < -0.3 is 20.4 Å². The van der Waals surface area contributed by atoms with Gasteiger partial charge in [-0.2, -0.15) is 0 Å². The Kier molecular flexibility index (Phi) is 5.00. The van der Waals surface area contributed by atoms with Crippen molar-refractivity contribution in [1.29, 1.82) is 0 Å². The molecule has 3 N–H and O–H groups in total. The van der Waals surface area contributed by atoms with Gasteiger partial charge in [-0.25, -0.2) is 4.98 Å². The number of hydrogen-bond donors (Lipinski definition) is 2. The van der Waals surface area contributed by atoms with Crippen LogP contribution in [0.25, 0.3) is 11.1 Å². The summed E-state index contributed by atoms with van der Waals surface area (Å²) in [5.41, 5.74) is 10.6. The van der Waals surface area contributed by atoms with Crippen LogP contribution in [0, 0.1) is 5.92 Å². The minimum absolute atomic E-state index is 0.123. The minimum atomic E-state index is -0.270. The van der Waals surface area contributed by atoms with E-state index in [4.69, 9.17) is 10.2 Å². The highest BCUT2D eigenvalue weighted by Crippen LogP contribution is 2.29. The summed E-state index contributed by atoms with van der Waals surface area (Å²) in [5, 5.41) is 2.97. The predicted octanol–water partition coefficient (Wildman–Crippen LogP) is 3.21. The van der Waals surface area contributed by atoms with Gasteiger partial charge >= 0.3 is 0 Å². The molecule has 4 heterocycles. The Morgan fingerprint density at radius 1 is 1.36 bits per heavy atom. The molecule has 0 spiro atoms. The SMILES string of the molecule is CCc1coc2ccc(C(=O)Nc3cnccc3N3CC(C)CC(N)C3)nc12. The van der Waals surface area contributed by atoms with E-state index < -0.39 is 0 Å². The van der Waals surface area contributed by atoms with Crippen LogP contribution in [0.5, 0.6) is 0 Å². The normalized spacial score (nSPS) is 19.8. The number of amides is 1.